The number of hydrogen-bond donors (Lipinski definition) is 2. The molecule has 1 heterocycles. The van der Waals surface area contributed by atoms with Gasteiger partial charge in [-0.15, -0.1) is 0 Å². The third-order valence-electron chi connectivity index (χ3n) is 3.95. The molecule has 3 nitrogen and oxygen atoms in total. The standard InChI is InChI=1S/C16H25NO2/c1-10-8-13(18)11(2)7-12(10)17-14-9-15(3,4)19-16(14,5)6/h7-8,14,17-18H,9H2,1-6H3. The summed E-state index contributed by atoms with van der Waals surface area (Å²) in [6, 6.07) is 4.09. The van der Waals surface area contributed by atoms with E-state index in [9.17, 15) is 5.11 Å². The lowest BCUT2D eigenvalue weighted by atomic mass is 9.93. The summed E-state index contributed by atoms with van der Waals surface area (Å²) in [5.74, 6) is 0.352. The van der Waals surface area contributed by atoms with Gasteiger partial charge in [-0.3, -0.25) is 0 Å². The average Bonchev–Trinajstić information content (AvgIpc) is 2.43. The van der Waals surface area contributed by atoms with Gasteiger partial charge in [-0.2, -0.15) is 0 Å². The molecular weight excluding hydrogens is 238 g/mol. The van der Waals surface area contributed by atoms with Crippen molar-refractivity contribution in [2.24, 2.45) is 0 Å². The second kappa shape index (κ2) is 4.41. The normalized spacial score (nSPS) is 24.4. The van der Waals surface area contributed by atoms with Crippen molar-refractivity contribution < 1.29 is 9.84 Å². The first-order valence-electron chi connectivity index (χ1n) is 6.88. The van der Waals surface area contributed by atoms with Crippen molar-refractivity contribution in [3.63, 3.8) is 0 Å². The quantitative estimate of drug-likeness (QED) is 0.798. The maximum atomic E-state index is 9.72. The van der Waals surface area contributed by atoms with Crippen molar-refractivity contribution in [1.29, 1.82) is 0 Å². The van der Waals surface area contributed by atoms with Crippen LogP contribution in [0, 0.1) is 13.8 Å². The van der Waals surface area contributed by atoms with Crippen LogP contribution in [0.2, 0.25) is 0 Å². The van der Waals surface area contributed by atoms with Gasteiger partial charge in [0.2, 0.25) is 0 Å². The summed E-state index contributed by atoms with van der Waals surface area (Å²) >= 11 is 0. The highest BCUT2D eigenvalue weighted by Crippen LogP contribution is 2.39. The fourth-order valence-electron chi connectivity index (χ4n) is 2.93. The van der Waals surface area contributed by atoms with Crippen molar-refractivity contribution >= 4 is 5.69 Å². The number of aryl methyl sites for hydroxylation is 2. The van der Waals surface area contributed by atoms with E-state index in [0.717, 1.165) is 23.2 Å². The van der Waals surface area contributed by atoms with Crippen LogP contribution >= 0.6 is 0 Å². The highest BCUT2D eigenvalue weighted by atomic mass is 16.5. The van der Waals surface area contributed by atoms with Crippen LogP contribution in [0.3, 0.4) is 0 Å². The molecule has 0 aliphatic carbocycles. The first kappa shape index (κ1) is 14.2. The Morgan fingerprint density at radius 3 is 2.32 bits per heavy atom. The molecule has 0 radical (unpaired) electrons. The molecule has 1 saturated heterocycles. The van der Waals surface area contributed by atoms with E-state index >= 15 is 0 Å². The van der Waals surface area contributed by atoms with Crippen LogP contribution in [0.15, 0.2) is 12.1 Å². The zero-order valence-electron chi connectivity index (χ0n) is 12.8. The van der Waals surface area contributed by atoms with Crippen molar-refractivity contribution in [3.05, 3.63) is 23.3 Å². The third-order valence-corrected chi connectivity index (χ3v) is 3.95. The van der Waals surface area contributed by atoms with Gasteiger partial charge in [-0.25, -0.2) is 0 Å². The van der Waals surface area contributed by atoms with Crippen molar-refractivity contribution in [2.45, 2.75) is 65.2 Å². The molecule has 1 fully saturated rings. The second-order valence-corrected chi connectivity index (χ2v) is 6.82. The largest absolute Gasteiger partial charge is 0.508 e. The van der Waals surface area contributed by atoms with E-state index in [0.29, 0.717) is 5.75 Å². The molecule has 0 spiro atoms. The van der Waals surface area contributed by atoms with Crippen LogP contribution in [0.5, 0.6) is 5.75 Å². The van der Waals surface area contributed by atoms with E-state index in [1.54, 1.807) is 0 Å². The Balaban J connectivity index is 2.25. The number of aromatic hydroxyl groups is 1. The number of hydrogen-bond acceptors (Lipinski definition) is 3. The second-order valence-electron chi connectivity index (χ2n) is 6.82. The van der Waals surface area contributed by atoms with Crippen molar-refractivity contribution in [1.82, 2.24) is 0 Å². The van der Waals surface area contributed by atoms with Crippen molar-refractivity contribution in [3.8, 4) is 5.75 Å². The minimum atomic E-state index is -0.193. The van der Waals surface area contributed by atoms with Crippen LogP contribution in [0.4, 0.5) is 5.69 Å². The van der Waals surface area contributed by atoms with E-state index in [-0.39, 0.29) is 17.2 Å². The highest BCUT2D eigenvalue weighted by Gasteiger charge is 2.45. The summed E-state index contributed by atoms with van der Waals surface area (Å²) < 4.78 is 6.10. The molecule has 106 valence electrons. The molecule has 3 heteroatoms. The number of rotatable bonds is 2. The fourth-order valence-corrected chi connectivity index (χ4v) is 2.93. The van der Waals surface area contributed by atoms with Gasteiger partial charge < -0.3 is 15.2 Å². The van der Waals surface area contributed by atoms with E-state index in [1.165, 1.54) is 0 Å². The molecule has 1 atom stereocenters. The molecule has 1 unspecified atom stereocenters. The Hall–Kier alpha value is -1.22. The average molecular weight is 263 g/mol. The van der Waals surface area contributed by atoms with Crippen LogP contribution in [-0.4, -0.2) is 22.4 Å². The Morgan fingerprint density at radius 1 is 1.16 bits per heavy atom. The van der Waals surface area contributed by atoms with Crippen molar-refractivity contribution in [2.75, 3.05) is 5.32 Å². The lowest BCUT2D eigenvalue weighted by Gasteiger charge is -2.29. The molecule has 1 aliphatic rings. The molecule has 1 aromatic carbocycles. The number of benzene rings is 1. The molecule has 2 N–H and O–H groups in total. The monoisotopic (exact) mass is 263 g/mol. The van der Waals surface area contributed by atoms with E-state index < -0.39 is 0 Å². The number of phenols is 1. The van der Waals surface area contributed by atoms with Gasteiger partial charge in [-0.05, 0) is 71.2 Å². The van der Waals surface area contributed by atoms with E-state index in [1.807, 2.05) is 26.0 Å². The minimum Gasteiger partial charge on any atom is -0.508 e. The van der Waals surface area contributed by atoms with E-state index in [2.05, 4.69) is 33.0 Å². The lowest BCUT2D eigenvalue weighted by Crippen LogP contribution is -2.38. The predicted octanol–water partition coefficient (Wildman–Crippen LogP) is 3.77. The predicted molar refractivity (Wildman–Crippen MR) is 78.9 cm³/mol. The minimum absolute atomic E-state index is 0.0962. The zero-order chi connectivity index (χ0) is 14.4. The van der Waals surface area contributed by atoms with Crippen LogP contribution < -0.4 is 5.32 Å². The summed E-state index contributed by atoms with van der Waals surface area (Å²) in [5, 5.41) is 13.3. The zero-order valence-corrected chi connectivity index (χ0v) is 12.8. The highest BCUT2D eigenvalue weighted by molar-refractivity contribution is 5.57. The molecule has 2 rings (SSSR count). The molecule has 0 bridgehead atoms. The Morgan fingerprint density at radius 2 is 1.79 bits per heavy atom. The third kappa shape index (κ3) is 2.86. The van der Waals surface area contributed by atoms with Crippen LogP contribution in [-0.2, 0) is 4.74 Å². The van der Waals surface area contributed by atoms with Gasteiger partial charge in [0.25, 0.3) is 0 Å². The van der Waals surface area contributed by atoms with E-state index in [4.69, 9.17) is 4.74 Å². The fraction of sp³-hybridized carbons (Fsp3) is 0.625. The van der Waals surface area contributed by atoms with Crippen LogP contribution in [0.1, 0.15) is 45.2 Å². The van der Waals surface area contributed by atoms with Gasteiger partial charge >= 0.3 is 0 Å². The molecule has 1 aliphatic heterocycles. The summed E-state index contributed by atoms with van der Waals surface area (Å²) in [5.41, 5.74) is 2.74. The number of ether oxygens (including phenoxy) is 1. The van der Waals surface area contributed by atoms with Gasteiger partial charge in [0.15, 0.2) is 0 Å². The molecular formula is C16H25NO2. The first-order valence-corrected chi connectivity index (χ1v) is 6.88. The topological polar surface area (TPSA) is 41.5 Å². The summed E-state index contributed by atoms with van der Waals surface area (Å²) in [4.78, 5) is 0. The number of anilines is 1. The maximum Gasteiger partial charge on any atom is 0.118 e. The van der Waals surface area contributed by atoms with Gasteiger partial charge in [-0.1, -0.05) is 0 Å². The Kier molecular flexibility index (Phi) is 3.29. The maximum absolute atomic E-state index is 9.72. The summed E-state index contributed by atoms with van der Waals surface area (Å²) in [6.07, 6.45) is 0.972. The molecule has 0 saturated carbocycles. The number of phenolic OH excluding ortho intramolecular Hbond substituents is 1. The molecule has 0 amide bonds. The summed E-state index contributed by atoms with van der Waals surface area (Å²) in [7, 11) is 0. The SMILES string of the molecule is Cc1cc(NC2CC(C)(C)OC2(C)C)c(C)cc1O. The first-order chi connectivity index (χ1) is 8.61. The van der Waals surface area contributed by atoms with Crippen LogP contribution in [0.25, 0.3) is 0 Å². The molecule has 19 heavy (non-hydrogen) atoms. The van der Waals surface area contributed by atoms with Gasteiger partial charge in [0.05, 0.1) is 17.2 Å². The smallest absolute Gasteiger partial charge is 0.118 e. The summed E-state index contributed by atoms with van der Waals surface area (Å²) in [6.45, 7) is 12.4. The Bertz CT molecular complexity index is 492. The number of nitrogens with one attached hydrogen (secondary N) is 1. The van der Waals surface area contributed by atoms with Gasteiger partial charge in [0, 0.05) is 5.69 Å². The lowest BCUT2D eigenvalue weighted by molar-refractivity contribution is -0.0662. The molecule has 0 aromatic heterocycles. The molecule has 1 aromatic rings. The van der Waals surface area contributed by atoms with Gasteiger partial charge in [0.1, 0.15) is 5.75 Å². The Labute approximate surface area is 116 Å².